The molecule has 0 fully saturated rings. The van der Waals surface area contributed by atoms with Crippen LogP contribution in [0.5, 0.6) is 0 Å². The molecular weight excluding hydrogens is 188 g/mol. The number of rotatable bonds is 2. The highest BCUT2D eigenvalue weighted by Gasteiger charge is 1.90. The van der Waals surface area contributed by atoms with E-state index in [9.17, 15) is 0 Å². The Balaban J connectivity index is 2.63. The van der Waals surface area contributed by atoms with Crippen molar-refractivity contribution in [2.45, 2.75) is 9.74 Å². The second-order valence-corrected chi connectivity index (χ2v) is 6.90. The molecule has 6 heavy (non-hydrogen) atoms. The average Bonchev–Trinajstić information content (AvgIpc) is 1.35. The van der Waals surface area contributed by atoms with E-state index in [1.165, 1.54) is 0 Å². The maximum Gasteiger partial charge on any atom is 0.0472 e. The molecule has 0 aromatic rings. The molecule has 0 saturated heterocycles. The van der Waals surface area contributed by atoms with Crippen LogP contribution in [-0.4, -0.2) is 34.1 Å². The predicted molar refractivity (Wildman–Crippen MR) is 34.8 cm³/mol. The summed E-state index contributed by atoms with van der Waals surface area (Å²) < 4.78 is 0.495. The van der Waals surface area contributed by atoms with Crippen LogP contribution in [0.15, 0.2) is 0 Å². The van der Waals surface area contributed by atoms with Gasteiger partial charge in [0.25, 0.3) is 0 Å². The van der Waals surface area contributed by atoms with Crippen LogP contribution in [0.25, 0.3) is 0 Å². The van der Waals surface area contributed by atoms with Gasteiger partial charge in [-0.3, -0.25) is 0 Å². The van der Waals surface area contributed by atoms with Gasteiger partial charge in [-0.05, 0) is 4.07 Å². The summed E-state index contributed by atoms with van der Waals surface area (Å²) in [6, 6.07) is 0. The smallest absolute Gasteiger partial charge is 0.0472 e. The Kier molecular flexibility index (Phi) is 5.10. The fourth-order valence-corrected chi connectivity index (χ4v) is 3.18. The van der Waals surface area contributed by atoms with Gasteiger partial charge in [-0.15, -0.1) is 0 Å². The van der Waals surface area contributed by atoms with Crippen LogP contribution in [0, 0.1) is 0 Å². The van der Waals surface area contributed by atoms with Crippen molar-refractivity contribution in [1.29, 1.82) is 0 Å². The lowest BCUT2D eigenvalue weighted by Gasteiger charge is -1.91. The van der Waals surface area contributed by atoms with Gasteiger partial charge in [-0.25, -0.2) is 0 Å². The lowest BCUT2D eigenvalue weighted by molar-refractivity contribution is 1.87. The Labute approximate surface area is 55.9 Å². The highest BCUT2D eigenvalue weighted by molar-refractivity contribution is 9.10. The highest BCUT2D eigenvalue weighted by Crippen LogP contribution is 1.89. The van der Waals surface area contributed by atoms with Crippen LogP contribution in [-0.2, 0) is 0 Å². The molecule has 30 valence electrons. The lowest BCUT2D eigenvalue weighted by Crippen LogP contribution is -2.06. The van der Waals surface area contributed by atoms with Gasteiger partial charge in [0.1, 0.15) is 0 Å². The molecular formula is C2H3BrSi3. The van der Waals surface area contributed by atoms with Crippen LogP contribution in [0.3, 0.4) is 0 Å². The minimum atomic E-state index is 0.495. The molecule has 1 atom stereocenters. The largest absolute Gasteiger partial charge is 0.0972 e. The van der Waals surface area contributed by atoms with Crippen molar-refractivity contribution in [3.05, 3.63) is 0 Å². The first-order valence-electron chi connectivity index (χ1n) is 1.50. The Morgan fingerprint density at radius 1 is 1.83 bits per heavy atom. The summed E-state index contributed by atoms with van der Waals surface area (Å²) in [7, 11) is 7.63. The van der Waals surface area contributed by atoms with E-state index >= 15 is 0 Å². The first-order valence-corrected chi connectivity index (χ1v) is 4.99. The van der Waals surface area contributed by atoms with Crippen molar-refractivity contribution >= 4 is 45.9 Å². The quantitative estimate of drug-likeness (QED) is 0.428. The van der Waals surface area contributed by atoms with E-state index in [0.29, 0.717) is 4.07 Å². The van der Waals surface area contributed by atoms with Gasteiger partial charge in [-0.2, -0.15) is 0 Å². The number of halogens is 1. The standard InChI is InChI=1S/C2H3BrSi3/c3-2(5)6-1-4/h2H,1H2. The maximum absolute atomic E-state index is 3.38. The molecule has 8 radical (unpaired) electrons. The zero-order valence-electron chi connectivity index (χ0n) is 3.16. The summed E-state index contributed by atoms with van der Waals surface area (Å²) in [5.41, 5.74) is 1.07. The number of hydrogen-bond acceptors (Lipinski definition) is 0. The minimum Gasteiger partial charge on any atom is -0.0972 e. The summed E-state index contributed by atoms with van der Waals surface area (Å²) in [4.78, 5) is 0. The Morgan fingerprint density at radius 3 is 2.33 bits per heavy atom. The molecule has 0 rings (SSSR count). The topological polar surface area (TPSA) is 0 Å². The van der Waals surface area contributed by atoms with Crippen molar-refractivity contribution in [1.82, 2.24) is 0 Å². The zero-order chi connectivity index (χ0) is 4.99. The Bertz CT molecular complexity index is 30.0. The van der Waals surface area contributed by atoms with Gasteiger partial charge in [-0.1, -0.05) is 21.6 Å². The molecule has 0 bridgehead atoms. The molecule has 0 aromatic carbocycles. The monoisotopic (exact) mass is 190 g/mol. The third-order valence-electron chi connectivity index (χ3n) is 0.281. The molecule has 0 aliphatic heterocycles. The molecule has 0 aliphatic carbocycles. The third kappa shape index (κ3) is 5.13. The molecule has 0 saturated carbocycles. The van der Waals surface area contributed by atoms with Gasteiger partial charge in [0.2, 0.25) is 0 Å². The lowest BCUT2D eigenvalue weighted by atomic mass is 11.8. The van der Waals surface area contributed by atoms with E-state index in [2.05, 4.69) is 36.4 Å². The van der Waals surface area contributed by atoms with Gasteiger partial charge < -0.3 is 0 Å². The van der Waals surface area contributed by atoms with Crippen LogP contribution in [0.2, 0.25) is 5.67 Å². The molecule has 1 unspecified atom stereocenters. The summed E-state index contributed by atoms with van der Waals surface area (Å²) in [5.74, 6) is 0. The molecule has 4 heteroatoms. The second-order valence-electron chi connectivity index (χ2n) is 0.743. The van der Waals surface area contributed by atoms with E-state index < -0.39 is 0 Å². The van der Waals surface area contributed by atoms with Crippen LogP contribution in [0.1, 0.15) is 0 Å². The van der Waals surface area contributed by atoms with Crippen molar-refractivity contribution in [3.63, 3.8) is 0 Å². The molecule has 0 aliphatic rings. The summed E-state index contributed by atoms with van der Waals surface area (Å²) in [6.07, 6.45) is 0. The molecule has 0 heterocycles. The first-order chi connectivity index (χ1) is 2.77. The average molecular weight is 191 g/mol. The molecule has 0 N–H and O–H groups in total. The van der Waals surface area contributed by atoms with E-state index in [1.54, 1.807) is 0 Å². The van der Waals surface area contributed by atoms with Crippen molar-refractivity contribution < 1.29 is 0 Å². The molecule has 0 nitrogen and oxygen atoms in total. The van der Waals surface area contributed by atoms with Crippen molar-refractivity contribution in [3.8, 4) is 0 Å². The van der Waals surface area contributed by atoms with Gasteiger partial charge in [0.15, 0.2) is 0 Å². The number of alkyl halides is 1. The minimum absolute atomic E-state index is 0.495. The fraction of sp³-hybridized carbons (Fsp3) is 1.00. The van der Waals surface area contributed by atoms with Crippen molar-refractivity contribution in [2.24, 2.45) is 0 Å². The van der Waals surface area contributed by atoms with Crippen LogP contribution < -0.4 is 0 Å². The SMILES string of the molecule is [Si]C[Si]C([Si])Br. The first kappa shape index (κ1) is 7.13. The Hall–Kier alpha value is 1.13. The van der Waals surface area contributed by atoms with Gasteiger partial charge >= 0.3 is 0 Å². The van der Waals surface area contributed by atoms with Crippen LogP contribution in [0.4, 0.5) is 0 Å². The zero-order valence-corrected chi connectivity index (χ0v) is 7.75. The van der Waals surface area contributed by atoms with E-state index in [4.69, 9.17) is 0 Å². The van der Waals surface area contributed by atoms with Crippen LogP contribution >= 0.6 is 15.9 Å². The summed E-state index contributed by atoms with van der Waals surface area (Å²) >= 11 is 3.33. The van der Waals surface area contributed by atoms with E-state index in [0.717, 1.165) is 15.2 Å². The molecule has 0 spiro atoms. The number of hydrogen-bond donors (Lipinski definition) is 0. The highest BCUT2D eigenvalue weighted by atomic mass is 79.9. The summed E-state index contributed by atoms with van der Waals surface area (Å²) in [6.45, 7) is 0. The van der Waals surface area contributed by atoms with Crippen molar-refractivity contribution in [2.75, 3.05) is 0 Å². The molecule has 0 amide bonds. The Morgan fingerprint density at radius 2 is 2.33 bits per heavy atom. The summed E-state index contributed by atoms with van der Waals surface area (Å²) in [5, 5.41) is 0. The second kappa shape index (κ2) is 4.29. The van der Waals surface area contributed by atoms with Gasteiger partial charge in [0, 0.05) is 30.0 Å². The predicted octanol–water partition coefficient (Wildman–Crippen LogP) is 0.0819. The fourth-order valence-electron chi connectivity index (χ4n) is 0.0896. The third-order valence-corrected chi connectivity index (χ3v) is 3.04. The van der Waals surface area contributed by atoms with Gasteiger partial charge in [0.05, 0.1) is 0 Å². The molecule has 0 aromatic heterocycles. The van der Waals surface area contributed by atoms with E-state index in [-0.39, 0.29) is 0 Å². The maximum atomic E-state index is 3.38. The normalized spacial score (nSPS) is 14.5. The van der Waals surface area contributed by atoms with E-state index in [1.807, 2.05) is 0 Å².